The first-order valence-electron chi connectivity index (χ1n) is 10.7. The summed E-state index contributed by atoms with van der Waals surface area (Å²) in [4.78, 5) is 53.7. The Labute approximate surface area is 195 Å². The number of aromatic amines is 1. The van der Waals surface area contributed by atoms with E-state index in [1.807, 2.05) is 6.92 Å². The SMILES string of the molecule is CNC(=O)c1ccc(OC(C)C(=O)N2CCN(c3[nH]ccc(=O)c3[N+](=O)[O-])CC2C)c(OC)c1. The molecule has 182 valence electrons. The molecule has 1 saturated heterocycles. The molecule has 0 aliphatic carbocycles. The molecule has 12 heteroatoms. The lowest BCUT2D eigenvalue weighted by molar-refractivity contribution is -0.385. The van der Waals surface area contributed by atoms with E-state index in [-0.39, 0.29) is 30.2 Å². The monoisotopic (exact) mass is 473 g/mol. The van der Waals surface area contributed by atoms with E-state index in [1.165, 1.54) is 26.4 Å². The van der Waals surface area contributed by atoms with Crippen molar-refractivity contribution in [1.29, 1.82) is 0 Å². The van der Waals surface area contributed by atoms with E-state index < -0.39 is 22.1 Å². The molecule has 1 aliphatic heterocycles. The van der Waals surface area contributed by atoms with E-state index in [1.54, 1.807) is 28.9 Å². The molecule has 0 bridgehead atoms. The molecule has 0 saturated carbocycles. The molecule has 3 rings (SSSR count). The largest absolute Gasteiger partial charge is 0.493 e. The van der Waals surface area contributed by atoms with Crippen LogP contribution in [-0.2, 0) is 4.79 Å². The van der Waals surface area contributed by atoms with Crippen molar-refractivity contribution >= 4 is 23.3 Å². The number of hydrogen-bond acceptors (Lipinski definition) is 8. The first-order valence-corrected chi connectivity index (χ1v) is 10.7. The van der Waals surface area contributed by atoms with Gasteiger partial charge in [-0.05, 0) is 32.0 Å². The number of benzene rings is 1. The van der Waals surface area contributed by atoms with Crippen molar-refractivity contribution in [3.05, 3.63) is 56.4 Å². The van der Waals surface area contributed by atoms with Crippen molar-refractivity contribution in [2.24, 2.45) is 0 Å². The third kappa shape index (κ3) is 4.95. The standard InChI is InChI=1S/C22H27N5O7/c1-13-12-25(20-19(27(31)32)16(28)7-8-24-20)9-10-26(13)22(30)14(2)34-17-6-5-15(21(29)23-3)11-18(17)33-4/h5-8,11,13-14H,9-10,12H2,1-4H3,(H,23,29)(H,24,28). The van der Waals surface area contributed by atoms with Gasteiger partial charge in [0.2, 0.25) is 0 Å². The normalized spacial score (nSPS) is 16.5. The van der Waals surface area contributed by atoms with Gasteiger partial charge in [-0.2, -0.15) is 0 Å². The minimum atomic E-state index is -0.848. The number of anilines is 1. The van der Waals surface area contributed by atoms with Crippen molar-refractivity contribution in [3.63, 3.8) is 0 Å². The van der Waals surface area contributed by atoms with Gasteiger partial charge in [-0.25, -0.2) is 0 Å². The molecule has 0 radical (unpaired) electrons. The van der Waals surface area contributed by atoms with Crippen molar-refractivity contribution in [2.75, 3.05) is 38.7 Å². The van der Waals surface area contributed by atoms with Crippen molar-refractivity contribution in [3.8, 4) is 11.5 Å². The molecule has 2 heterocycles. The molecule has 34 heavy (non-hydrogen) atoms. The molecular formula is C22H27N5O7. The fraction of sp³-hybridized carbons (Fsp3) is 0.409. The van der Waals surface area contributed by atoms with Gasteiger partial charge in [0, 0.05) is 50.6 Å². The Morgan fingerprint density at radius 2 is 2.00 bits per heavy atom. The molecule has 2 aromatic rings. The smallest absolute Gasteiger partial charge is 0.356 e. The number of rotatable bonds is 7. The van der Waals surface area contributed by atoms with Gasteiger partial charge in [0.05, 0.1) is 12.0 Å². The molecule has 12 nitrogen and oxygen atoms in total. The van der Waals surface area contributed by atoms with Crippen LogP contribution in [0, 0.1) is 10.1 Å². The minimum Gasteiger partial charge on any atom is -0.493 e. The fourth-order valence-corrected chi connectivity index (χ4v) is 3.89. The number of piperazine rings is 1. The Morgan fingerprint density at radius 3 is 2.62 bits per heavy atom. The Morgan fingerprint density at radius 1 is 1.26 bits per heavy atom. The summed E-state index contributed by atoms with van der Waals surface area (Å²) < 4.78 is 11.2. The number of hydrogen-bond donors (Lipinski definition) is 2. The van der Waals surface area contributed by atoms with E-state index in [9.17, 15) is 24.5 Å². The number of nitro groups is 1. The molecular weight excluding hydrogens is 446 g/mol. The second-order valence-corrected chi connectivity index (χ2v) is 7.83. The van der Waals surface area contributed by atoms with Gasteiger partial charge in [-0.3, -0.25) is 24.5 Å². The molecule has 1 aliphatic rings. The fourth-order valence-electron chi connectivity index (χ4n) is 3.89. The van der Waals surface area contributed by atoms with Crippen LogP contribution < -0.4 is 25.1 Å². The number of methoxy groups -OCH3 is 1. The highest BCUT2D eigenvalue weighted by molar-refractivity contribution is 5.94. The number of H-pyrrole nitrogens is 1. The molecule has 1 aromatic heterocycles. The Kier molecular flexibility index (Phi) is 7.39. The van der Waals surface area contributed by atoms with Gasteiger partial charge in [0.1, 0.15) is 0 Å². The number of amides is 2. The second kappa shape index (κ2) is 10.2. The van der Waals surface area contributed by atoms with Crippen LogP contribution in [0.25, 0.3) is 0 Å². The maximum absolute atomic E-state index is 13.1. The average Bonchev–Trinajstić information content (AvgIpc) is 2.82. The van der Waals surface area contributed by atoms with Crippen LogP contribution in [0.2, 0.25) is 0 Å². The number of pyridine rings is 1. The van der Waals surface area contributed by atoms with E-state index in [2.05, 4.69) is 10.3 Å². The summed E-state index contributed by atoms with van der Waals surface area (Å²) in [5, 5.41) is 13.9. The van der Waals surface area contributed by atoms with E-state index in [0.29, 0.717) is 30.2 Å². The summed E-state index contributed by atoms with van der Waals surface area (Å²) in [6.07, 6.45) is 0.519. The van der Waals surface area contributed by atoms with Crippen molar-refractivity contribution < 1.29 is 24.0 Å². The van der Waals surface area contributed by atoms with Crippen LogP contribution in [-0.4, -0.2) is 72.6 Å². The van der Waals surface area contributed by atoms with Gasteiger partial charge in [-0.1, -0.05) is 0 Å². The van der Waals surface area contributed by atoms with E-state index >= 15 is 0 Å². The van der Waals surface area contributed by atoms with Gasteiger partial charge in [0.25, 0.3) is 17.2 Å². The number of aromatic nitrogens is 1. The predicted molar refractivity (Wildman–Crippen MR) is 124 cm³/mol. The highest BCUT2D eigenvalue weighted by Crippen LogP contribution is 2.30. The van der Waals surface area contributed by atoms with Crippen LogP contribution in [0.4, 0.5) is 11.5 Å². The molecule has 2 N–H and O–H groups in total. The lowest BCUT2D eigenvalue weighted by Crippen LogP contribution is -2.57. The molecule has 0 spiro atoms. The quantitative estimate of drug-likeness (QED) is 0.450. The maximum atomic E-state index is 13.1. The number of nitrogens with zero attached hydrogens (tertiary/aromatic N) is 3. The Balaban J connectivity index is 1.71. The summed E-state index contributed by atoms with van der Waals surface area (Å²) in [5.74, 6) is 0.224. The number of carbonyl (C=O) groups excluding carboxylic acids is 2. The molecule has 1 aromatic carbocycles. The van der Waals surface area contributed by atoms with Gasteiger partial charge in [0.15, 0.2) is 23.4 Å². The van der Waals surface area contributed by atoms with Crippen LogP contribution in [0.5, 0.6) is 11.5 Å². The molecule has 2 amide bonds. The van der Waals surface area contributed by atoms with Crippen LogP contribution in [0.1, 0.15) is 24.2 Å². The van der Waals surface area contributed by atoms with E-state index in [0.717, 1.165) is 6.07 Å². The average molecular weight is 473 g/mol. The summed E-state index contributed by atoms with van der Waals surface area (Å²) in [6, 6.07) is 5.48. The third-order valence-electron chi connectivity index (χ3n) is 5.63. The zero-order chi connectivity index (χ0) is 25.0. The number of nitrogens with one attached hydrogen (secondary N) is 2. The maximum Gasteiger partial charge on any atom is 0.356 e. The summed E-state index contributed by atoms with van der Waals surface area (Å²) in [5.41, 5.74) is -0.801. The lowest BCUT2D eigenvalue weighted by Gasteiger charge is -2.41. The second-order valence-electron chi connectivity index (χ2n) is 7.83. The van der Waals surface area contributed by atoms with Gasteiger partial charge < -0.3 is 29.6 Å². The first-order chi connectivity index (χ1) is 16.2. The number of ether oxygens (including phenoxy) is 2. The molecule has 1 fully saturated rings. The Hall–Kier alpha value is -4.09. The third-order valence-corrected chi connectivity index (χ3v) is 5.63. The molecule has 2 atom stereocenters. The topological polar surface area (TPSA) is 147 Å². The summed E-state index contributed by atoms with van der Waals surface area (Å²) >= 11 is 0. The Bertz CT molecular complexity index is 1150. The van der Waals surface area contributed by atoms with Gasteiger partial charge in [-0.15, -0.1) is 0 Å². The summed E-state index contributed by atoms with van der Waals surface area (Å²) in [7, 11) is 2.96. The van der Waals surface area contributed by atoms with E-state index in [4.69, 9.17) is 9.47 Å². The zero-order valence-corrected chi connectivity index (χ0v) is 19.4. The zero-order valence-electron chi connectivity index (χ0n) is 19.4. The van der Waals surface area contributed by atoms with Crippen molar-refractivity contribution in [2.45, 2.75) is 26.0 Å². The number of carbonyl (C=O) groups is 2. The highest BCUT2D eigenvalue weighted by atomic mass is 16.6. The van der Waals surface area contributed by atoms with Crippen molar-refractivity contribution in [1.82, 2.24) is 15.2 Å². The summed E-state index contributed by atoms with van der Waals surface area (Å²) in [6.45, 7) is 4.32. The van der Waals surface area contributed by atoms with Crippen LogP contribution in [0.3, 0.4) is 0 Å². The van der Waals surface area contributed by atoms with Crippen LogP contribution in [0.15, 0.2) is 35.3 Å². The first kappa shape index (κ1) is 24.6. The van der Waals surface area contributed by atoms with Crippen LogP contribution >= 0.6 is 0 Å². The lowest BCUT2D eigenvalue weighted by atomic mass is 10.1. The molecule has 2 unspecified atom stereocenters. The minimum absolute atomic E-state index is 0.127. The highest BCUT2D eigenvalue weighted by Gasteiger charge is 2.34. The van der Waals surface area contributed by atoms with Gasteiger partial charge >= 0.3 is 5.69 Å². The predicted octanol–water partition coefficient (Wildman–Crippen LogP) is 1.16.